The van der Waals surface area contributed by atoms with Gasteiger partial charge in [-0.1, -0.05) is 17.3 Å². The minimum atomic E-state index is -0.901. The van der Waals surface area contributed by atoms with Crippen LogP contribution < -0.4 is 0 Å². The molecule has 1 aromatic carbocycles. The second kappa shape index (κ2) is 6.22. The Morgan fingerprint density at radius 1 is 1.32 bits per heavy atom. The highest BCUT2D eigenvalue weighted by Gasteiger charge is 2.38. The van der Waals surface area contributed by atoms with Crippen molar-refractivity contribution in [1.82, 2.24) is 0 Å². The van der Waals surface area contributed by atoms with E-state index in [1.807, 2.05) is 0 Å². The number of aromatic hydroxyl groups is 1. The largest absolute Gasteiger partial charge is 0.508 e. The number of hydrogen-bond donors (Lipinski definition) is 1. The SMILES string of the molecule is CO/N=C(\C)C(C)(Cc1ccc(O)cc1)C(=O)OC. The van der Waals surface area contributed by atoms with Gasteiger partial charge in [-0.15, -0.1) is 0 Å². The maximum Gasteiger partial charge on any atom is 0.317 e. The Hall–Kier alpha value is -2.04. The second-order valence-corrected chi connectivity index (χ2v) is 4.53. The Kier molecular flexibility index (Phi) is 4.92. The van der Waals surface area contributed by atoms with E-state index >= 15 is 0 Å². The molecule has 0 bridgehead atoms. The molecule has 1 aromatic rings. The van der Waals surface area contributed by atoms with E-state index in [4.69, 9.17) is 9.57 Å². The predicted molar refractivity (Wildman–Crippen MR) is 72.1 cm³/mol. The molecule has 5 heteroatoms. The van der Waals surface area contributed by atoms with Crippen LogP contribution in [0.2, 0.25) is 0 Å². The number of phenolic OH excluding ortho intramolecular Hbond substituents is 1. The molecule has 0 amide bonds. The molecule has 0 aliphatic heterocycles. The molecule has 0 radical (unpaired) electrons. The lowest BCUT2D eigenvalue weighted by Gasteiger charge is -2.26. The van der Waals surface area contributed by atoms with Gasteiger partial charge in [0.1, 0.15) is 18.3 Å². The Bertz CT molecular complexity index is 467. The average Bonchev–Trinajstić information content (AvgIpc) is 2.40. The fourth-order valence-corrected chi connectivity index (χ4v) is 1.83. The fraction of sp³-hybridized carbons (Fsp3) is 0.429. The molecule has 0 saturated carbocycles. The van der Waals surface area contributed by atoms with E-state index in [2.05, 4.69) is 5.16 Å². The van der Waals surface area contributed by atoms with E-state index in [1.165, 1.54) is 14.2 Å². The van der Waals surface area contributed by atoms with E-state index in [1.54, 1.807) is 38.1 Å². The molecule has 104 valence electrons. The number of benzene rings is 1. The molecule has 1 unspecified atom stereocenters. The van der Waals surface area contributed by atoms with Crippen molar-refractivity contribution in [3.63, 3.8) is 0 Å². The summed E-state index contributed by atoms with van der Waals surface area (Å²) in [6.07, 6.45) is 0.415. The van der Waals surface area contributed by atoms with Crippen LogP contribution in [0.15, 0.2) is 29.4 Å². The number of oxime groups is 1. The molecule has 0 aliphatic carbocycles. The smallest absolute Gasteiger partial charge is 0.317 e. The summed E-state index contributed by atoms with van der Waals surface area (Å²) < 4.78 is 4.85. The van der Waals surface area contributed by atoms with Crippen LogP contribution in [0.4, 0.5) is 0 Å². The maximum atomic E-state index is 12.0. The first-order valence-corrected chi connectivity index (χ1v) is 5.88. The molecule has 19 heavy (non-hydrogen) atoms. The zero-order valence-corrected chi connectivity index (χ0v) is 11.6. The molecule has 1 rings (SSSR count). The van der Waals surface area contributed by atoms with E-state index < -0.39 is 5.41 Å². The summed E-state index contributed by atoms with van der Waals surface area (Å²) >= 11 is 0. The molecule has 1 atom stereocenters. The molecule has 0 spiro atoms. The molecule has 0 saturated heterocycles. The van der Waals surface area contributed by atoms with Crippen LogP contribution in [0.3, 0.4) is 0 Å². The number of phenols is 1. The number of rotatable bonds is 5. The summed E-state index contributed by atoms with van der Waals surface area (Å²) in [5.74, 6) is -0.190. The molecule has 0 aliphatic rings. The molecule has 0 fully saturated rings. The van der Waals surface area contributed by atoms with Gasteiger partial charge in [0.15, 0.2) is 0 Å². The van der Waals surface area contributed by atoms with Crippen LogP contribution in [0.25, 0.3) is 0 Å². The second-order valence-electron chi connectivity index (χ2n) is 4.53. The number of esters is 1. The van der Waals surface area contributed by atoms with Gasteiger partial charge < -0.3 is 14.7 Å². The van der Waals surface area contributed by atoms with Gasteiger partial charge in [0.25, 0.3) is 0 Å². The third kappa shape index (κ3) is 3.47. The van der Waals surface area contributed by atoms with Gasteiger partial charge in [-0.3, -0.25) is 4.79 Å². The van der Waals surface area contributed by atoms with Crippen LogP contribution in [-0.2, 0) is 20.8 Å². The highest BCUT2D eigenvalue weighted by atomic mass is 16.6. The fourth-order valence-electron chi connectivity index (χ4n) is 1.83. The maximum absolute atomic E-state index is 12.0. The van der Waals surface area contributed by atoms with Crippen LogP contribution in [0.1, 0.15) is 19.4 Å². The molecule has 1 N–H and O–H groups in total. The standard InChI is InChI=1S/C14H19NO4/c1-10(15-19-4)14(2,13(17)18-3)9-11-5-7-12(16)8-6-11/h5-8,16H,9H2,1-4H3/b15-10+. The number of carbonyl (C=O) groups is 1. The van der Waals surface area contributed by atoms with Crippen molar-refractivity contribution in [3.8, 4) is 5.75 Å². The van der Waals surface area contributed by atoms with Crippen LogP contribution >= 0.6 is 0 Å². The first-order chi connectivity index (χ1) is 8.93. The lowest BCUT2D eigenvalue weighted by Crippen LogP contribution is -2.38. The van der Waals surface area contributed by atoms with Gasteiger partial charge in [-0.2, -0.15) is 0 Å². The van der Waals surface area contributed by atoms with Crippen molar-refractivity contribution in [2.24, 2.45) is 10.6 Å². The minimum absolute atomic E-state index is 0.186. The number of hydrogen-bond acceptors (Lipinski definition) is 5. The summed E-state index contributed by atoms with van der Waals surface area (Å²) in [7, 11) is 2.78. The van der Waals surface area contributed by atoms with E-state index in [0.717, 1.165) is 5.56 Å². The first-order valence-electron chi connectivity index (χ1n) is 5.88. The molecular formula is C14H19NO4. The minimum Gasteiger partial charge on any atom is -0.508 e. The Labute approximate surface area is 112 Å². The quantitative estimate of drug-likeness (QED) is 0.503. The molecule has 0 aromatic heterocycles. The Morgan fingerprint density at radius 2 is 1.89 bits per heavy atom. The van der Waals surface area contributed by atoms with E-state index in [9.17, 15) is 9.90 Å². The van der Waals surface area contributed by atoms with Crippen molar-refractivity contribution in [1.29, 1.82) is 0 Å². The lowest BCUT2D eigenvalue weighted by atomic mass is 9.79. The van der Waals surface area contributed by atoms with Crippen LogP contribution in [0.5, 0.6) is 5.75 Å². The monoisotopic (exact) mass is 265 g/mol. The third-order valence-electron chi connectivity index (χ3n) is 3.16. The number of ether oxygens (including phenoxy) is 1. The normalized spacial score (nSPS) is 14.6. The average molecular weight is 265 g/mol. The predicted octanol–water partition coefficient (Wildman–Crippen LogP) is 2.14. The van der Waals surface area contributed by atoms with Gasteiger partial charge in [0, 0.05) is 0 Å². The third-order valence-corrected chi connectivity index (χ3v) is 3.16. The highest BCUT2D eigenvalue weighted by molar-refractivity contribution is 6.05. The Balaban J connectivity index is 3.08. The summed E-state index contributed by atoms with van der Waals surface area (Å²) in [5.41, 5.74) is 0.535. The van der Waals surface area contributed by atoms with Crippen molar-refractivity contribution in [3.05, 3.63) is 29.8 Å². The van der Waals surface area contributed by atoms with Crippen LogP contribution in [0, 0.1) is 5.41 Å². The van der Waals surface area contributed by atoms with Gasteiger partial charge in [0.05, 0.1) is 12.8 Å². The lowest BCUT2D eigenvalue weighted by molar-refractivity contribution is -0.147. The number of methoxy groups -OCH3 is 1. The van der Waals surface area contributed by atoms with Gasteiger partial charge in [-0.05, 0) is 38.0 Å². The van der Waals surface area contributed by atoms with Crippen molar-refractivity contribution < 1.29 is 19.5 Å². The number of nitrogens with zero attached hydrogens (tertiary/aromatic N) is 1. The topological polar surface area (TPSA) is 68.1 Å². The summed E-state index contributed by atoms with van der Waals surface area (Å²) in [6.45, 7) is 3.48. The zero-order chi connectivity index (χ0) is 14.5. The summed E-state index contributed by atoms with van der Waals surface area (Å²) in [6, 6.07) is 6.68. The van der Waals surface area contributed by atoms with Gasteiger partial charge in [-0.25, -0.2) is 0 Å². The molecular weight excluding hydrogens is 246 g/mol. The van der Waals surface area contributed by atoms with Crippen LogP contribution in [-0.4, -0.2) is 31.0 Å². The van der Waals surface area contributed by atoms with Crippen molar-refractivity contribution in [2.75, 3.05) is 14.2 Å². The first kappa shape index (κ1) is 15.0. The van der Waals surface area contributed by atoms with Gasteiger partial charge in [0.2, 0.25) is 0 Å². The van der Waals surface area contributed by atoms with Crippen molar-refractivity contribution in [2.45, 2.75) is 20.3 Å². The molecule has 5 nitrogen and oxygen atoms in total. The number of carbonyl (C=O) groups excluding carboxylic acids is 1. The van der Waals surface area contributed by atoms with Crippen molar-refractivity contribution >= 4 is 11.7 Å². The Morgan fingerprint density at radius 3 is 2.37 bits per heavy atom. The zero-order valence-electron chi connectivity index (χ0n) is 11.6. The highest BCUT2D eigenvalue weighted by Crippen LogP contribution is 2.27. The molecule has 0 heterocycles. The van der Waals surface area contributed by atoms with E-state index in [0.29, 0.717) is 12.1 Å². The van der Waals surface area contributed by atoms with Gasteiger partial charge >= 0.3 is 5.97 Å². The van der Waals surface area contributed by atoms with E-state index in [-0.39, 0.29) is 11.7 Å². The summed E-state index contributed by atoms with van der Waals surface area (Å²) in [5, 5.41) is 13.1. The summed E-state index contributed by atoms with van der Waals surface area (Å²) in [4.78, 5) is 16.8.